The van der Waals surface area contributed by atoms with Crippen LogP contribution < -0.4 is 0 Å². The molecule has 0 aliphatic heterocycles. The van der Waals surface area contributed by atoms with Gasteiger partial charge in [-0.2, -0.15) is 0 Å². The molecule has 362 valence electrons. The van der Waals surface area contributed by atoms with Gasteiger partial charge in [0.1, 0.15) is 18.5 Å². The van der Waals surface area contributed by atoms with Gasteiger partial charge in [-0.15, -0.1) is 0 Å². The number of ether oxygens (including phenoxy) is 2. The van der Waals surface area contributed by atoms with Crippen LogP contribution in [0.1, 0.15) is 174 Å². The second kappa shape index (κ2) is 35.5. The topological polar surface area (TPSA) is 253 Å². The molecule has 1 fully saturated rings. The molecule has 0 radical (unpaired) electrons. The van der Waals surface area contributed by atoms with Crippen LogP contribution in [0.25, 0.3) is 0 Å². The van der Waals surface area contributed by atoms with Crippen LogP contribution in [0.5, 0.6) is 0 Å². The molecule has 1 aliphatic rings. The van der Waals surface area contributed by atoms with Crippen molar-refractivity contribution in [2.75, 3.05) is 26.4 Å². The van der Waals surface area contributed by atoms with Crippen molar-refractivity contribution in [3.63, 3.8) is 0 Å². The van der Waals surface area contributed by atoms with Crippen molar-refractivity contribution in [1.29, 1.82) is 0 Å². The van der Waals surface area contributed by atoms with Crippen LogP contribution in [0.4, 0.5) is 0 Å². The molecule has 18 heteroatoms. The fourth-order valence-corrected chi connectivity index (χ4v) is 8.25. The van der Waals surface area contributed by atoms with Gasteiger partial charge in [0.2, 0.25) is 0 Å². The number of carbonyl (C=O) groups excluding carboxylic acids is 3. The number of esters is 2. The van der Waals surface area contributed by atoms with Crippen molar-refractivity contribution in [3.8, 4) is 0 Å². The summed E-state index contributed by atoms with van der Waals surface area (Å²) in [5.74, 6) is -2.11. The van der Waals surface area contributed by atoms with Crippen LogP contribution >= 0.6 is 15.6 Å². The summed E-state index contributed by atoms with van der Waals surface area (Å²) in [5.41, 5.74) is 0. The Morgan fingerprint density at radius 2 is 1.23 bits per heavy atom. The molecule has 62 heavy (non-hydrogen) atoms. The molecule has 1 saturated carbocycles. The average molecular weight is 927 g/mol. The minimum Gasteiger partial charge on any atom is -0.462 e. The molecule has 0 heterocycles. The Labute approximate surface area is 370 Å². The maximum Gasteiger partial charge on any atom is 0.472 e. The molecule has 7 atom stereocenters. The van der Waals surface area contributed by atoms with E-state index in [4.69, 9.17) is 23.8 Å². The number of carbonyl (C=O) groups is 3. The van der Waals surface area contributed by atoms with Gasteiger partial charge in [-0.05, 0) is 32.1 Å². The van der Waals surface area contributed by atoms with Crippen molar-refractivity contribution in [2.45, 2.75) is 199 Å². The second-order valence-corrected chi connectivity index (χ2v) is 19.2. The summed E-state index contributed by atoms with van der Waals surface area (Å²) in [6, 6.07) is 0. The highest BCUT2D eigenvalue weighted by molar-refractivity contribution is 7.47. The van der Waals surface area contributed by atoms with E-state index in [1.165, 1.54) is 70.6 Å². The molecule has 0 bridgehead atoms. The van der Waals surface area contributed by atoms with Crippen LogP contribution in [0, 0.1) is 11.8 Å². The first-order valence-electron chi connectivity index (χ1n) is 23.1. The number of aliphatic hydroxyl groups excluding tert-OH is 3. The number of Topliss-reactive ketones (excluding diaryl/α,β-unsaturated/α-hetero) is 1. The summed E-state index contributed by atoms with van der Waals surface area (Å²) in [4.78, 5) is 65.5. The number of hydrogen-bond donors (Lipinski definition) is 6. The molecule has 0 aromatic carbocycles. The summed E-state index contributed by atoms with van der Waals surface area (Å²) in [6.45, 7) is 1.37. The zero-order valence-electron chi connectivity index (χ0n) is 37.4. The van der Waals surface area contributed by atoms with E-state index in [-0.39, 0.29) is 31.0 Å². The number of rotatable bonds is 40. The summed E-state index contributed by atoms with van der Waals surface area (Å²) in [5, 5.41) is 30.5. The highest BCUT2D eigenvalue weighted by Gasteiger charge is 2.39. The summed E-state index contributed by atoms with van der Waals surface area (Å²) < 4.78 is 47.8. The van der Waals surface area contributed by atoms with Gasteiger partial charge in [-0.1, -0.05) is 147 Å². The standard InChI is InChI=1S/C44H80O16P2/c1-3-5-7-8-9-10-11-12-13-14-15-16-17-18-23-27-43(49)56-34-38(35-59-62(54,55)58-33-37(46)32-57-61(51,52)53)60-44(50)28-24-20-19-22-26-39-40(42(48)31-41(39)47)30-29-36(45)25-21-6-4-2/h19,22,29-30,36-41,45-47H,3-18,20-21,23-28,31-35H2,1-2H3,(H,54,55)(H2,51,52,53)/b22-19-,30-29+/t36-,37-,38+,39+,40+,41-/m0/s1. The molecule has 6 N–H and O–H groups in total. The van der Waals surface area contributed by atoms with Gasteiger partial charge in [0.05, 0.1) is 32.0 Å². The van der Waals surface area contributed by atoms with Crippen molar-refractivity contribution in [3.05, 3.63) is 24.3 Å². The first kappa shape index (κ1) is 58.2. The van der Waals surface area contributed by atoms with E-state index >= 15 is 0 Å². The lowest BCUT2D eigenvalue weighted by molar-refractivity contribution is -0.161. The summed E-state index contributed by atoms with van der Waals surface area (Å²) in [6.07, 6.45) is 25.3. The normalized spacial score (nSPS) is 19.5. The first-order valence-corrected chi connectivity index (χ1v) is 26.2. The molecule has 0 spiro atoms. The van der Waals surface area contributed by atoms with Gasteiger partial charge in [0.15, 0.2) is 6.10 Å². The molecule has 1 rings (SSSR count). The lowest BCUT2D eigenvalue weighted by atomic mass is 9.90. The van der Waals surface area contributed by atoms with Gasteiger partial charge in [0, 0.05) is 31.1 Å². The molecular weight excluding hydrogens is 846 g/mol. The Hall–Kier alpha value is -1.81. The number of phosphoric acid groups is 2. The number of hydrogen-bond acceptors (Lipinski definition) is 13. The molecule has 0 amide bonds. The van der Waals surface area contributed by atoms with Gasteiger partial charge in [-0.3, -0.25) is 28.0 Å². The lowest BCUT2D eigenvalue weighted by Crippen LogP contribution is -2.29. The third kappa shape index (κ3) is 31.9. The van der Waals surface area contributed by atoms with E-state index in [1.54, 1.807) is 12.2 Å². The number of allylic oxidation sites excluding steroid dienone is 3. The Balaban J connectivity index is 2.56. The van der Waals surface area contributed by atoms with E-state index in [0.29, 0.717) is 32.1 Å². The van der Waals surface area contributed by atoms with Crippen molar-refractivity contribution in [2.24, 2.45) is 11.8 Å². The van der Waals surface area contributed by atoms with Crippen LogP contribution in [0.2, 0.25) is 0 Å². The minimum absolute atomic E-state index is 0.0547. The van der Waals surface area contributed by atoms with Gasteiger partial charge in [-0.25, -0.2) is 9.13 Å². The van der Waals surface area contributed by atoms with Crippen molar-refractivity contribution >= 4 is 33.4 Å². The highest BCUT2D eigenvalue weighted by atomic mass is 31.2. The Morgan fingerprint density at radius 1 is 0.694 bits per heavy atom. The summed E-state index contributed by atoms with van der Waals surface area (Å²) >= 11 is 0. The first-order chi connectivity index (χ1) is 29.6. The predicted molar refractivity (Wildman–Crippen MR) is 236 cm³/mol. The number of ketones is 1. The average Bonchev–Trinajstić information content (AvgIpc) is 3.49. The van der Waals surface area contributed by atoms with E-state index in [2.05, 4.69) is 22.9 Å². The molecule has 16 nitrogen and oxygen atoms in total. The fraction of sp³-hybridized carbons (Fsp3) is 0.841. The van der Waals surface area contributed by atoms with E-state index in [9.17, 15) is 43.7 Å². The largest absolute Gasteiger partial charge is 0.472 e. The maximum atomic E-state index is 12.8. The molecule has 0 saturated heterocycles. The molecule has 1 aliphatic carbocycles. The Kier molecular flexibility index (Phi) is 33.3. The number of aliphatic hydroxyl groups is 3. The lowest BCUT2D eigenvalue weighted by Gasteiger charge is -2.20. The quantitative estimate of drug-likeness (QED) is 0.0146. The monoisotopic (exact) mass is 926 g/mol. The SMILES string of the molecule is CCCCCCCCCCCCCCCCCC(=O)OC[C@H](COP(=O)(O)OC[C@@H](O)COP(=O)(O)O)OC(=O)CCC/C=C\C[C@H]1[C@@H](O)CC(=O)[C@@H]1/C=C/[C@@H](O)CCCCC. The maximum absolute atomic E-state index is 12.8. The van der Waals surface area contributed by atoms with Crippen LogP contribution in [0.15, 0.2) is 24.3 Å². The van der Waals surface area contributed by atoms with E-state index in [1.807, 2.05) is 12.2 Å². The fourth-order valence-electron chi connectivity index (χ4n) is 7.09. The van der Waals surface area contributed by atoms with Gasteiger partial charge < -0.3 is 39.5 Å². The molecular formula is C44H80O16P2. The number of unbranched alkanes of at least 4 members (excludes halogenated alkanes) is 17. The highest BCUT2D eigenvalue weighted by Crippen LogP contribution is 2.44. The second-order valence-electron chi connectivity index (χ2n) is 16.5. The molecule has 0 aromatic rings. The van der Waals surface area contributed by atoms with Gasteiger partial charge >= 0.3 is 27.6 Å². The zero-order valence-corrected chi connectivity index (χ0v) is 39.2. The van der Waals surface area contributed by atoms with Gasteiger partial charge in [0.25, 0.3) is 0 Å². The molecule has 0 aromatic heterocycles. The summed E-state index contributed by atoms with van der Waals surface area (Å²) in [7, 11) is -9.78. The Morgan fingerprint density at radius 3 is 1.82 bits per heavy atom. The minimum atomic E-state index is -4.90. The van der Waals surface area contributed by atoms with Crippen LogP contribution in [-0.4, -0.2) is 98.6 Å². The zero-order chi connectivity index (χ0) is 46.1. The van der Waals surface area contributed by atoms with E-state index in [0.717, 1.165) is 38.5 Å². The van der Waals surface area contributed by atoms with Crippen molar-refractivity contribution < 1.29 is 76.6 Å². The van der Waals surface area contributed by atoms with Crippen molar-refractivity contribution in [1.82, 2.24) is 0 Å². The Bertz CT molecular complexity index is 1350. The van der Waals surface area contributed by atoms with Crippen LogP contribution in [-0.2, 0) is 46.6 Å². The third-order valence-corrected chi connectivity index (χ3v) is 12.1. The molecule has 1 unspecified atom stereocenters. The van der Waals surface area contributed by atoms with E-state index < -0.39 is 84.3 Å². The smallest absolute Gasteiger partial charge is 0.462 e. The third-order valence-electron chi connectivity index (χ3n) is 10.7. The van der Waals surface area contributed by atoms with Crippen LogP contribution in [0.3, 0.4) is 0 Å². The predicted octanol–water partition coefficient (Wildman–Crippen LogP) is 8.49. The number of phosphoric ester groups is 2.